The van der Waals surface area contributed by atoms with E-state index in [0.29, 0.717) is 18.5 Å². The Labute approximate surface area is 125 Å². The maximum atomic E-state index is 12.8. The highest BCUT2D eigenvalue weighted by atomic mass is 19.4. The molecule has 1 rings (SSSR count). The number of nitrogens with one attached hydrogen (secondary N) is 1. The minimum Gasteiger partial charge on any atom is -0.311 e. The van der Waals surface area contributed by atoms with Crippen LogP contribution in [0.3, 0.4) is 0 Å². The quantitative estimate of drug-likeness (QED) is 0.768. The second-order valence-electron chi connectivity index (χ2n) is 6.84. The van der Waals surface area contributed by atoms with E-state index in [1.807, 2.05) is 13.0 Å². The van der Waals surface area contributed by atoms with E-state index in [9.17, 15) is 13.2 Å². The van der Waals surface area contributed by atoms with Crippen LogP contribution in [0.15, 0.2) is 36.9 Å². The zero-order chi connectivity index (χ0) is 16.3. The smallest absolute Gasteiger partial charge is 0.311 e. The summed E-state index contributed by atoms with van der Waals surface area (Å²) in [7, 11) is 0. The van der Waals surface area contributed by atoms with Gasteiger partial charge in [0.2, 0.25) is 0 Å². The maximum Gasteiger partial charge on any atom is 0.416 e. The Hall–Kier alpha value is -1.29. The SMILES string of the molecule is C=CC(C)(CNC(C)(C)C)Cc1cccc(C(F)(F)F)c1. The average molecular weight is 299 g/mol. The summed E-state index contributed by atoms with van der Waals surface area (Å²) in [5.41, 5.74) is -0.270. The highest BCUT2D eigenvalue weighted by molar-refractivity contribution is 5.27. The van der Waals surface area contributed by atoms with Crippen molar-refractivity contribution in [2.75, 3.05) is 6.54 Å². The van der Waals surface area contributed by atoms with Crippen molar-refractivity contribution in [3.63, 3.8) is 0 Å². The predicted molar refractivity (Wildman–Crippen MR) is 81.2 cm³/mol. The molecule has 118 valence electrons. The topological polar surface area (TPSA) is 12.0 Å². The van der Waals surface area contributed by atoms with E-state index in [1.165, 1.54) is 12.1 Å². The zero-order valence-corrected chi connectivity index (χ0v) is 13.1. The second-order valence-corrected chi connectivity index (χ2v) is 6.84. The highest BCUT2D eigenvalue weighted by Crippen LogP contribution is 2.31. The fourth-order valence-corrected chi connectivity index (χ4v) is 2.00. The van der Waals surface area contributed by atoms with Crippen LogP contribution in [-0.4, -0.2) is 12.1 Å². The van der Waals surface area contributed by atoms with E-state index < -0.39 is 11.7 Å². The van der Waals surface area contributed by atoms with Crippen molar-refractivity contribution in [1.29, 1.82) is 0 Å². The van der Waals surface area contributed by atoms with Gasteiger partial charge in [-0.2, -0.15) is 13.2 Å². The summed E-state index contributed by atoms with van der Waals surface area (Å²) in [6.07, 6.45) is -1.97. The number of benzene rings is 1. The Kier molecular flexibility index (Phi) is 5.26. The lowest BCUT2D eigenvalue weighted by atomic mass is 9.82. The van der Waals surface area contributed by atoms with Gasteiger partial charge in [0.05, 0.1) is 5.56 Å². The lowest BCUT2D eigenvalue weighted by molar-refractivity contribution is -0.137. The third kappa shape index (κ3) is 5.92. The fraction of sp³-hybridized carbons (Fsp3) is 0.529. The summed E-state index contributed by atoms with van der Waals surface area (Å²) in [6.45, 7) is 12.7. The summed E-state index contributed by atoms with van der Waals surface area (Å²) in [5, 5.41) is 3.39. The minimum atomic E-state index is -4.30. The molecule has 0 spiro atoms. The first-order valence-electron chi connectivity index (χ1n) is 7.00. The van der Waals surface area contributed by atoms with Gasteiger partial charge in [-0.1, -0.05) is 31.2 Å². The van der Waals surface area contributed by atoms with Crippen molar-refractivity contribution in [1.82, 2.24) is 5.32 Å². The Morgan fingerprint density at radius 3 is 2.24 bits per heavy atom. The largest absolute Gasteiger partial charge is 0.416 e. The van der Waals surface area contributed by atoms with Gasteiger partial charge in [-0.05, 0) is 38.8 Å². The summed E-state index contributed by atoms with van der Waals surface area (Å²) in [6, 6.07) is 5.51. The van der Waals surface area contributed by atoms with Crippen molar-refractivity contribution in [3.8, 4) is 0 Å². The molecule has 0 saturated heterocycles. The Balaban J connectivity index is 2.89. The van der Waals surface area contributed by atoms with Crippen molar-refractivity contribution in [2.24, 2.45) is 5.41 Å². The molecule has 1 atom stereocenters. The molecule has 0 radical (unpaired) electrons. The summed E-state index contributed by atoms with van der Waals surface area (Å²) in [4.78, 5) is 0. The van der Waals surface area contributed by atoms with Gasteiger partial charge in [-0.25, -0.2) is 0 Å². The standard InChI is InChI=1S/C17H24F3N/c1-6-16(5,12-21-15(2,3)4)11-13-8-7-9-14(10-13)17(18,19)20/h6-10,21H,1,11-12H2,2-5H3. The molecule has 1 aromatic rings. The van der Waals surface area contributed by atoms with Crippen LogP contribution in [0.4, 0.5) is 13.2 Å². The molecular weight excluding hydrogens is 275 g/mol. The lowest BCUT2D eigenvalue weighted by Crippen LogP contribution is -2.43. The molecule has 0 aliphatic carbocycles. The molecule has 1 aromatic carbocycles. The van der Waals surface area contributed by atoms with E-state index in [-0.39, 0.29) is 11.0 Å². The summed E-state index contributed by atoms with van der Waals surface area (Å²) < 4.78 is 38.3. The van der Waals surface area contributed by atoms with Gasteiger partial charge in [-0.3, -0.25) is 0 Å². The number of halogens is 3. The van der Waals surface area contributed by atoms with Gasteiger partial charge >= 0.3 is 6.18 Å². The lowest BCUT2D eigenvalue weighted by Gasteiger charge is -2.31. The summed E-state index contributed by atoms with van der Waals surface area (Å²) >= 11 is 0. The van der Waals surface area contributed by atoms with Gasteiger partial charge in [0.25, 0.3) is 0 Å². The number of alkyl halides is 3. The van der Waals surface area contributed by atoms with Gasteiger partial charge in [0.15, 0.2) is 0 Å². The van der Waals surface area contributed by atoms with Crippen LogP contribution in [0.1, 0.15) is 38.8 Å². The molecule has 0 amide bonds. The molecule has 4 heteroatoms. The van der Waals surface area contributed by atoms with E-state index in [1.54, 1.807) is 6.07 Å². The Bertz CT molecular complexity index is 486. The fourth-order valence-electron chi connectivity index (χ4n) is 2.00. The van der Waals surface area contributed by atoms with Gasteiger partial charge in [0.1, 0.15) is 0 Å². The molecule has 0 fully saturated rings. The highest BCUT2D eigenvalue weighted by Gasteiger charge is 2.31. The molecule has 0 aliphatic rings. The first-order valence-corrected chi connectivity index (χ1v) is 7.00. The van der Waals surface area contributed by atoms with Crippen LogP contribution < -0.4 is 5.32 Å². The molecule has 1 nitrogen and oxygen atoms in total. The van der Waals surface area contributed by atoms with Gasteiger partial charge in [-0.15, -0.1) is 6.58 Å². The van der Waals surface area contributed by atoms with E-state index in [2.05, 4.69) is 32.7 Å². The number of hydrogen-bond donors (Lipinski definition) is 1. The molecule has 1 N–H and O–H groups in total. The number of rotatable bonds is 5. The molecule has 1 unspecified atom stereocenters. The zero-order valence-electron chi connectivity index (χ0n) is 13.1. The predicted octanol–water partition coefficient (Wildman–Crippen LogP) is 4.83. The normalized spacial score (nSPS) is 15.6. The third-order valence-corrected chi connectivity index (χ3v) is 3.38. The van der Waals surface area contributed by atoms with Gasteiger partial charge < -0.3 is 5.32 Å². The van der Waals surface area contributed by atoms with E-state index >= 15 is 0 Å². The molecule has 0 bridgehead atoms. The van der Waals surface area contributed by atoms with Crippen molar-refractivity contribution in [2.45, 2.75) is 45.8 Å². The Morgan fingerprint density at radius 1 is 1.14 bits per heavy atom. The average Bonchev–Trinajstić information content (AvgIpc) is 2.35. The minimum absolute atomic E-state index is 0.0436. The molecule has 0 aliphatic heterocycles. The third-order valence-electron chi connectivity index (χ3n) is 3.38. The van der Waals surface area contributed by atoms with Crippen LogP contribution in [0.2, 0.25) is 0 Å². The molecule has 0 aromatic heterocycles. The van der Waals surface area contributed by atoms with E-state index in [4.69, 9.17) is 0 Å². The van der Waals surface area contributed by atoms with Crippen molar-refractivity contribution < 1.29 is 13.2 Å². The van der Waals surface area contributed by atoms with Crippen LogP contribution in [0, 0.1) is 5.41 Å². The first-order chi connectivity index (χ1) is 9.45. The van der Waals surface area contributed by atoms with Crippen LogP contribution >= 0.6 is 0 Å². The van der Waals surface area contributed by atoms with Crippen LogP contribution in [0.25, 0.3) is 0 Å². The van der Waals surface area contributed by atoms with Gasteiger partial charge in [0, 0.05) is 17.5 Å². The first kappa shape index (κ1) is 17.8. The van der Waals surface area contributed by atoms with Crippen LogP contribution in [-0.2, 0) is 12.6 Å². The molecule has 21 heavy (non-hydrogen) atoms. The molecular formula is C17H24F3N. The molecule has 0 heterocycles. The monoisotopic (exact) mass is 299 g/mol. The number of hydrogen-bond acceptors (Lipinski definition) is 1. The molecule has 0 saturated carbocycles. The van der Waals surface area contributed by atoms with E-state index in [0.717, 1.165) is 6.07 Å². The maximum absolute atomic E-state index is 12.8. The van der Waals surface area contributed by atoms with Crippen LogP contribution in [0.5, 0.6) is 0 Å². The van der Waals surface area contributed by atoms with Crippen molar-refractivity contribution in [3.05, 3.63) is 48.0 Å². The summed E-state index contributed by atoms with van der Waals surface area (Å²) in [5.74, 6) is 0. The Morgan fingerprint density at radius 2 is 1.76 bits per heavy atom. The van der Waals surface area contributed by atoms with Crippen molar-refractivity contribution >= 4 is 0 Å². The second kappa shape index (κ2) is 6.22.